The molecule has 0 bridgehead atoms. The number of likely N-dealkylation sites (tertiary alicyclic amines) is 1. The zero-order valence-corrected chi connectivity index (χ0v) is 12.4. The molecule has 0 aliphatic carbocycles. The standard InChI is InChI=1S/C17H23NO3/c1-2-9-18(8-1)10-4-12-19-11-3-5-15-6-7-17-16(13-15)14-20-21-17/h3,5-7,13H,1-2,4,8-12,14H2/b5-3+. The van der Waals surface area contributed by atoms with Crippen LogP contribution in [0.4, 0.5) is 0 Å². The van der Waals surface area contributed by atoms with Crippen LogP contribution < -0.4 is 4.89 Å². The SMILES string of the molecule is C(=C\c1ccc2c(c1)COO2)/COCCCN1CCCC1. The van der Waals surface area contributed by atoms with Gasteiger partial charge in [-0.1, -0.05) is 18.2 Å². The number of hydrogen-bond acceptors (Lipinski definition) is 4. The van der Waals surface area contributed by atoms with Crippen molar-refractivity contribution < 1.29 is 14.5 Å². The fourth-order valence-electron chi connectivity index (χ4n) is 2.79. The number of rotatable bonds is 7. The molecule has 0 aromatic heterocycles. The van der Waals surface area contributed by atoms with Gasteiger partial charge < -0.3 is 14.5 Å². The molecule has 0 saturated carbocycles. The minimum Gasteiger partial charge on any atom is -0.377 e. The molecule has 0 unspecified atom stereocenters. The fraction of sp³-hybridized carbons (Fsp3) is 0.529. The Morgan fingerprint density at radius 1 is 1.24 bits per heavy atom. The van der Waals surface area contributed by atoms with Crippen LogP contribution in [0.15, 0.2) is 24.3 Å². The van der Waals surface area contributed by atoms with E-state index in [1.54, 1.807) is 0 Å². The van der Waals surface area contributed by atoms with Gasteiger partial charge >= 0.3 is 0 Å². The molecule has 0 atom stereocenters. The highest BCUT2D eigenvalue weighted by atomic mass is 17.2. The van der Waals surface area contributed by atoms with E-state index >= 15 is 0 Å². The van der Waals surface area contributed by atoms with Gasteiger partial charge in [0.2, 0.25) is 0 Å². The van der Waals surface area contributed by atoms with E-state index < -0.39 is 0 Å². The quantitative estimate of drug-likeness (QED) is 0.570. The molecule has 4 heteroatoms. The van der Waals surface area contributed by atoms with Crippen molar-refractivity contribution in [1.29, 1.82) is 0 Å². The van der Waals surface area contributed by atoms with Gasteiger partial charge in [0.05, 0.1) is 6.61 Å². The van der Waals surface area contributed by atoms with Crippen molar-refractivity contribution in [1.82, 2.24) is 4.90 Å². The lowest BCUT2D eigenvalue weighted by molar-refractivity contribution is -0.194. The van der Waals surface area contributed by atoms with Crippen molar-refractivity contribution in [2.24, 2.45) is 0 Å². The maximum absolute atomic E-state index is 5.64. The molecule has 2 aliphatic heterocycles. The van der Waals surface area contributed by atoms with E-state index in [4.69, 9.17) is 14.5 Å². The molecule has 2 aliphatic rings. The molecular formula is C17H23NO3. The zero-order chi connectivity index (χ0) is 14.3. The molecule has 114 valence electrons. The van der Waals surface area contributed by atoms with Gasteiger partial charge in [0.15, 0.2) is 5.75 Å². The maximum atomic E-state index is 5.64. The van der Waals surface area contributed by atoms with Crippen LogP contribution in [0, 0.1) is 0 Å². The second-order valence-electron chi connectivity index (χ2n) is 5.59. The summed E-state index contributed by atoms with van der Waals surface area (Å²) in [5, 5.41) is 0. The van der Waals surface area contributed by atoms with Gasteiger partial charge in [-0.25, -0.2) is 0 Å². The molecule has 0 radical (unpaired) electrons. The molecule has 4 nitrogen and oxygen atoms in total. The summed E-state index contributed by atoms with van der Waals surface area (Å²) in [6.07, 6.45) is 8.00. The van der Waals surface area contributed by atoms with E-state index in [2.05, 4.69) is 23.1 Å². The van der Waals surface area contributed by atoms with Gasteiger partial charge in [0.1, 0.15) is 6.61 Å². The lowest BCUT2D eigenvalue weighted by atomic mass is 10.1. The van der Waals surface area contributed by atoms with Crippen LogP contribution >= 0.6 is 0 Å². The average Bonchev–Trinajstić information content (AvgIpc) is 3.17. The Labute approximate surface area is 126 Å². The highest BCUT2D eigenvalue weighted by Crippen LogP contribution is 2.26. The van der Waals surface area contributed by atoms with Crippen LogP contribution in [0.2, 0.25) is 0 Å². The van der Waals surface area contributed by atoms with E-state index in [1.165, 1.54) is 32.5 Å². The first-order valence-corrected chi connectivity index (χ1v) is 7.81. The molecular weight excluding hydrogens is 266 g/mol. The molecule has 0 spiro atoms. The van der Waals surface area contributed by atoms with Gasteiger partial charge in [0, 0.05) is 18.7 Å². The monoisotopic (exact) mass is 289 g/mol. The molecule has 3 rings (SSSR count). The molecule has 0 N–H and O–H groups in total. The normalized spacial score (nSPS) is 18.3. The summed E-state index contributed by atoms with van der Waals surface area (Å²) in [6.45, 7) is 5.76. The van der Waals surface area contributed by atoms with Crippen LogP contribution in [0.3, 0.4) is 0 Å². The van der Waals surface area contributed by atoms with E-state index in [0.29, 0.717) is 13.2 Å². The third-order valence-electron chi connectivity index (χ3n) is 3.93. The highest BCUT2D eigenvalue weighted by Gasteiger charge is 2.12. The van der Waals surface area contributed by atoms with Crippen LogP contribution in [0.5, 0.6) is 5.75 Å². The summed E-state index contributed by atoms with van der Waals surface area (Å²) in [4.78, 5) is 12.5. The van der Waals surface area contributed by atoms with Crippen molar-refractivity contribution in [3.63, 3.8) is 0 Å². The number of hydrogen-bond donors (Lipinski definition) is 0. The summed E-state index contributed by atoms with van der Waals surface area (Å²) in [6, 6.07) is 6.06. The third-order valence-corrected chi connectivity index (χ3v) is 3.93. The summed E-state index contributed by atoms with van der Waals surface area (Å²) in [5.41, 5.74) is 2.26. The lowest BCUT2D eigenvalue weighted by Gasteiger charge is -2.13. The predicted molar refractivity (Wildman–Crippen MR) is 82.0 cm³/mol. The summed E-state index contributed by atoms with van der Waals surface area (Å²) < 4.78 is 5.64. The number of nitrogens with zero attached hydrogens (tertiary/aromatic N) is 1. The molecule has 1 aromatic rings. The van der Waals surface area contributed by atoms with Gasteiger partial charge in [-0.15, -0.1) is 0 Å². The number of ether oxygens (including phenoxy) is 1. The van der Waals surface area contributed by atoms with E-state index in [9.17, 15) is 0 Å². The Kier molecular flexibility index (Phi) is 5.27. The van der Waals surface area contributed by atoms with Gasteiger partial charge in [-0.2, -0.15) is 4.89 Å². The third kappa shape index (κ3) is 4.30. The molecule has 2 heterocycles. The first-order valence-electron chi connectivity index (χ1n) is 7.81. The molecule has 0 amide bonds. The minimum atomic E-state index is 0.532. The van der Waals surface area contributed by atoms with Gasteiger partial charge in [-0.3, -0.25) is 0 Å². The van der Waals surface area contributed by atoms with Crippen LogP contribution in [-0.4, -0.2) is 37.7 Å². The Balaban J connectivity index is 1.31. The van der Waals surface area contributed by atoms with Gasteiger partial charge in [0.25, 0.3) is 0 Å². The molecule has 1 fully saturated rings. The van der Waals surface area contributed by atoms with E-state index in [1.807, 2.05) is 12.1 Å². The van der Waals surface area contributed by atoms with Crippen molar-refractivity contribution >= 4 is 6.08 Å². The Morgan fingerprint density at radius 3 is 3.05 bits per heavy atom. The summed E-state index contributed by atoms with van der Waals surface area (Å²) in [5.74, 6) is 0.824. The molecule has 1 aromatic carbocycles. The summed E-state index contributed by atoms with van der Waals surface area (Å²) >= 11 is 0. The van der Waals surface area contributed by atoms with Crippen molar-refractivity contribution in [3.8, 4) is 5.75 Å². The number of benzene rings is 1. The highest BCUT2D eigenvalue weighted by molar-refractivity contribution is 5.53. The van der Waals surface area contributed by atoms with E-state index in [-0.39, 0.29) is 0 Å². The zero-order valence-electron chi connectivity index (χ0n) is 12.4. The van der Waals surface area contributed by atoms with Crippen LogP contribution in [0.25, 0.3) is 6.08 Å². The average molecular weight is 289 g/mol. The van der Waals surface area contributed by atoms with Crippen LogP contribution in [-0.2, 0) is 16.2 Å². The minimum absolute atomic E-state index is 0.532. The second-order valence-corrected chi connectivity index (χ2v) is 5.59. The molecule has 21 heavy (non-hydrogen) atoms. The first kappa shape index (κ1) is 14.6. The maximum Gasteiger partial charge on any atom is 0.171 e. The van der Waals surface area contributed by atoms with E-state index in [0.717, 1.165) is 29.9 Å². The topological polar surface area (TPSA) is 30.9 Å². The predicted octanol–water partition coefficient (Wildman–Crippen LogP) is 3.03. The smallest absolute Gasteiger partial charge is 0.171 e. The summed E-state index contributed by atoms with van der Waals surface area (Å²) in [7, 11) is 0. The Bertz CT molecular complexity index is 481. The van der Waals surface area contributed by atoms with Crippen molar-refractivity contribution in [2.45, 2.75) is 25.9 Å². The first-order chi connectivity index (χ1) is 10.4. The lowest BCUT2D eigenvalue weighted by Crippen LogP contribution is -2.21. The van der Waals surface area contributed by atoms with Crippen molar-refractivity contribution in [3.05, 3.63) is 35.4 Å². The largest absolute Gasteiger partial charge is 0.377 e. The Morgan fingerprint density at radius 2 is 2.14 bits per heavy atom. The number of fused-ring (bicyclic) bond motifs is 1. The van der Waals surface area contributed by atoms with Gasteiger partial charge in [-0.05, 0) is 50.0 Å². The molecule has 1 saturated heterocycles. The second kappa shape index (κ2) is 7.59. The Hall–Kier alpha value is -1.36. The van der Waals surface area contributed by atoms with Crippen LogP contribution in [0.1, 0.15) is 30.4 Å². The van der Waals surface area contributed by atoms with Crippen molar-refractivity contribution in [2.75, 3.05) is 32.8 Å². The fourth-order valence-corrected chi connectivity index (χ4v) is 2.79.